The highest BCUT2D eigenvalue weighted by Gasteiger charge is 2.22. The molecule has 1 fully saturated rings. The van der Waals surface area contributed by atoms with Crippen molar-refractivity contribution in [1.29, 1.82) is 0 Å². The minimum Gasteiger partial charge on any atom is -0.494 e. The van der Waals surface area contributed by atoms with Gasteiger partial charge in [0.05, 0.1) is 12.3 Å². The lowest BCUT2D eigenvalue weighted by Crippen LogP contribution is -2.50. The molecule has 1 aliphatic heterocycles. The SMILES string of the molecule is CCOc1ccc(-c2ccc(N3CCN(C(=O)COc4ccc(Oc5ccccc5)cc4)CC3)nn2)cc1. The van der Waals surface area contributed by atoms with Crippen molar-refractivity contribution in [3.8, 4) is 34.3 Å². The van der Waals surface area contributed by atoms with Gasteiger partial charge in [-0.1, -0.05) is 18.2 Å². The van der Waals surface area contributed by atoms with Crippen molar-refractivity contribution in [2.45, 2.75) is 6.92 Å². The third-order valence-corrected chi connectivity index (χ3v) is 6.23. The molecule has 0 atom stereocenters. The monoisotopic (exact) mass is 510 g/mol. The number of carbonyl (C=O) groups excluding carboxylic acids is 1. The van der Waals surface area contributed by atoms with Gasteiger partial charge in [-0.15, -0.1) is 10.2 Å². The number of hydrogen-bond acceptors (Lipinski definition) is 7. The second kappa shape index (κ2) is 12.1. The second-order valence-corrected chi connectivity index (χ2v) is 8.78. The van der Waals surface area contributed by atoms with Crippen LogP contribution in [0.1, 0.15) is 6.92 Å². The molecule has 0 unspecified atom stereocenters. The molecular formula is C30H30N4O4. The molecule has 1 aromatic heterocycles. The summed E-state index contributed by atoms with van der Waals surface area (Å²) in [6.07, 6.45) is 0. The quantitative estimate of drug-likeness (QED) is 0.311. The first kappa shape index (κ1) is 25.1. The molecule has 8 heteroatoms. The van der Waals surface area contributed by atoms with E-state index in [1.165, 1.54) is 0 Å². The fraction of sp³-hybridized carbons (Fsp3) is 0.233. The number of carbonyl (C=O) groups is 1. The topological polar surface area (TPSA) is 77.0 Å². The van der Waals surface area contributed by atoms with E-state index in [2.05, 4.69) is 15.1 Å². The molecule has 8 nitrogen and oxygen atoms in total. The number of benzene rings is 3. The average molecular weight is 511 g/mol. The molecule has 194 valence electrons. The minimum atomic E-state index is -0.0359. The smallest absolute Gasteiger partial charge is 0.260 e. The predicted molar refractivity (Wildman–Crippen MR) is 146 cm³/mol. The molecule has 1 amide bonds. The van der Waals surface area contributed by atoms with E-state index in [0.717, 1.165) is 28.6 Å². The highest BCUT2D eigenvalue weighted by Crippen LogP contribution is 2.24. The first-order valence-corrected chi connectivity index (χ1v) is 12.7. The Hall–Kier alpha value is -4.59. The zero-order valence-electron chi connectivity index (χ0n) is 21.3. The Morgan fingerprint density at radius 1 is 0.711 bits per heavy atom. The first-order chi connectivity index (χ1) is 18.7. The maximum Gasteiger partial charge on any atom is 0.260 e. The summed E-state index contributed by atoms with van der Waals surface area (Å²) in [6.45, 7) is 5.19. The lowest BCUT2D eigenvalue weighted by atomic mass is 10.1. The normalized spacial score (nSPS) is 13.2. The number of anilines is 1. The molecule has 0 aliphatic carbocycles. The lowest BCUT2D eigenvalue weighted by molar-refractivity contribution is -0.133. The number of rotatable bonds is 9. The Kier molecular flexibility index (Phi) is 7.98. The van der Waals surface area contributed by atoms with Crippen molar-refractivity contribution >= 4 is 11.7 Å². The van der Waals surface area contributed by atoms with Crippen molar-refractivity contribution in [2.24, 2.45) is 0 Å². The van der Waals surface area contributed by atoms with Gasteiger partial charge in [0, 0.05) is 31.7 Å². The summed E-state index contributed by atoms with van der Waals surface area (Å²) >= 11 is 0. The average Bonchev–Trinajstić information content (AvgIpc) is 2.98. The zero-order chi connectivity index (χ0) is 26.2. The Morgan fingerprint density at radius 3 is 2.00 bits per heavy atom. The molecule has 38 heavy (non-hydrogen) atoms. The van der Waals surface area contributed by atoms with E-state index in [1.54, 1.807) is 12.1 Å². The summed E-state index contributed by atoms with van der Waals surface area (Å²) in [5.74, 6) is 3.71. The van der Waals surface area contributed by atoms with E-state index in [0.29, 0.717) is 44.3 Å². The van der Waals surface area contributed by atoms with Gasteiger partial charge in [0.2, 0.25) is 0 Å². The van der Waals surface area contributed by atoms with Gasteiger partial charge in [0.15, 0.2) is 12.4 Å². The third-order valence-electron chi connectivity index (χ3n) is 6.23. The molecule has 0 saturated carbocycles. The first-order valence-electron chi connectivity index (χ1n) is 12.7. The molecule has 5 rings (SSSR count). The van der Waals surface area contributed by atoms with Crippen molar-refractivity contribution in [2.75, 3.05) is 44.3 Å². The fourth-order valence-electron chi connectivity index (χ4n) is 4.19. The standard InChI is InChI=1S/C30H30N4O4/c1-2-36-24-10-8-23(9-11-24)28-16-17-29(32-31-28)33-18-20-34(21-19-33)30(35)22-37-25-12-14-27(15-13-25)38-26-6-4-3-5-7-26/h3-17H,2,18-22H2,1H3. The third kappa shape index (κ3) is 6.39. The van der Waals surface area contributed by atoms with Gasteiger partial charge in [-0.25, -0.2) is 0 Å². The maximum atomic E-state index is 12.7. The van der Waals surface area contributed by atoms with Gasteiger partial charge in [-0.05, 0) is 79.7 Å². The Labute approximate surface area is 222 Å². The number of piperazine rings is 1. The van der Waals surface area contributed by atoms with E-state index < -0.39 is 0 Å². The van der Waals surface area contributed by atoms with Gasteiger partial charge >= 0.3 is 0 Å². The summed E-state index contributed by atoms with van der Waals surface area (Å²) in [6, 6.07) is 28.6. The number of hydrogen-bond donors (Lipinski definition) is 0. The fourth-order valence-corrected chi connectivity index (χ4v) is 4.19. The highest BCUT2D eigenvalue weighted by atomic mass is 16.5. The zero-order valence-corrected chi connectivity index (χ0v) is 21.3. The van der Waals surface area contributed by atoms with E-state index in [4.69, 9.17) is 14.2 Å². The molecule has 1 aliphatic rings. The van der Waals surface area contributed by atoms with E-state index in [1.807, 2.05) is 90.7 Å². The van der Waals surface area contributed by atoms with Crippen LogP contribution in [0.15, 0.2) is 91.0 Å². The molecule has 0 radical (unpaired) electrons. The highest BCUT2D eigenvalue weighted by molar-refractivity contribution is 5.78. The van der Waals surface area contributed by atoms with E-state index in [-0.39, 0.29) is 12.5 Å². The van der Waals surface area contributed by atoms with Crippen LogP contribution in [0.5, 0.6) is 23.0 Å². The number of ether oxygens (including phenoxy) is 3. The van der Waals surface area contributed by atoms with Gasteiger partial charge < -0.3 is 24.0 Å². The van der Waals surface area contributed by atoms with Crippen LogP contribution in [-0.2, 0) is 4.79 Å². The number of amides is 1. The summed E-state index contributed by atoms with van der Waals surface area (Å²) in [7, 11) is 0. The Morgan fingerprint density at radius 2 is 1.34 bits per heavy atom. The largest absolute Gasteiger partial charge is 0.494 e. The van der Waals surface area contributed by atoms with Crippen LogP contribution in [0.4, 0.5) is 5.82 Å². The second-order valence-electron chi connectivity index (χ2n) is 8.78. The van der Waals surface area contributed by atoms with E-state index >= 15 is 0 Å². The summed E-state index contributed by atoms with van der Waals surface area (Å²) < 4.78 is 17.0. The minimum absolute atomic E-state index is 0.00449. The van der Waals surface area contributed by atoms with Gasteiger partial charge in [-0.3, -0.25) is 4.79 Å². The van der Waals surface area contributed by atoms with Crippen molar-refractivity contribution in [1.82, 2.24) is 15.1 Å². The molecule has 4 aromatic rings. The number of para-hydroxylation sites is 1. The molecule has 0 N–H and O–H groups in total. The van der Waals surface area contributed by atoms with Crippen LogP contribution in [0.25, 0.3) is 11.3 Å². The van der Waals surface area contributed by atoms with Crippen molar-refractivity contribution in [3.63, 3.8) is 0 Å². The van der Waals surface area contributed by atoms with E-state index in [9.17, 15) is 4.79 Å². The summed E-state index contributed by atoms with van der Waals surface area (Å²) in [5, 5.41) is 8.83. The van der Waals surface area contributed by atoms with Gasteiger partial charge in [0.25, 0.3) is 5.91 Å². The molecule has 3 aromatic carbocycles. The molecule has 0 spiro atoms. The molecule has 1 saturated heterocycles. The molecule has 0 bridgehead atoms. The lowest BCUT2D eigenvalue weighted by Gasteiger charge is -2.35. The van der Waals surface area contributed by atoms with Crippen LogP contribution in [0.2, 0.25) is 0 Å². The van der Waals surface area contributed by atoms with Crippen LogP contribution in [-0.4, -0.2) is 60.4 Å². The van der Waals surface area contributed by atoms with Crippen LogP contribution in [0, 0.1) is 0 Å². The Balaban J connectivity index is 1.07. The van der Waals surface area contributed by atoms with Crippen molar-refractivity contribution in [3.05, 3.63) is 91.0 Å². The Bertz CT molecular complexity index is 1310. The van der Waals surface area contributed by atoms with Crippen LogP contribution in [0.3, 0.4) is 0 Å². The van der Waals surface area contributed by atoms with Crippen molar-refractivity contribution < 1.29 is 19.0 Å². The summed E-state index contributed by atoms with van der Waals surface area (Å²) in [5.41, 5.74) is 1.80. The summed E-state index contributed by atoms with van der Waals surface area (Å²) in [4.78, 5) is 16.7. The van der Waals surface area contributed by atoms with Gasteiger partial charge in [0.1, 0.15) is 23.0 Å². The maximum absolute atomic E-state index is 12.7. The molecule has 2 heterocycles. The number of nitrogens with zero attached hydrogens (tertiary/aromatic N) is 4. The van der Waals surface area contributed by atoms with Crippen LogP contribution >= 0.6 is 0 Å². The predicted octanol–water partition coefficient (Wildman–Crippen LogP) is 5.06. The number of aromatic nitrogens is 2. The van der Waals surface area contributed by atoms with Crippen LogP contribution < -0.4 is 19.1 Å². The van der Waals surface area contributed by atoms with Gasteiger partial charge in [-0.2, -0.15) is 0 Å². The molecular weight excluding hydrogens is 480 g/mol.